The van der Waals surface area contributed by atoms with Gasteiger partial charge in [0.05, 0.1) is 17.1 Å². The Morgan fingerprint density at radius 3 is 2.63 bits per heavy atom. The van der Waals surface area contributed by atoms with E-state index in [9.17, 15) is 18.4 Å². The summed E-state index contributed by atoms with van der Waals surface area (Å²) in [5.74, 6) is -0.916. The van der Waals surface area contributed by atoms with E-state index in [0.717, 1.165) is 34.0 Å². The van der Waals surface area contributed by atoms with Gasteiger partial charge in [0.15, 0.2) is 0 Å². The van der Waals surface area contributed by atoms with Gasteiger partial charge >= 0.3 is 11.9 Å². The second kappa shape index (κ2) is 18.0. The highest BCUT2D eigenvalue weighted by atomic mass is 32.2. The zero-order valence-corrected chi connectivity index (χ0v) is 26.4. The number of thiazole rings is 1. The first kappa shape index (κ1) is 34.5. The van der Waals surface area contributed by atoms with E-state index in [1.54, 1.807) is 19.1 Å². The zero-order valence-electron chi connectivity index (χ0n) is 24.8. The first-order chi connectivity index (χ1) is 19.4. The van der Waals surface area contributed by atoms with Crippen LogP contribution in [-0.4, -0.2) is 69.5 Å². The molecule has 1 aromatic rings. The van der Waals surface area contributed by atoms with Gasteiger partial charge in [0.1, 0.15) is 12.2 Å². The summed E-state index contributed by atoms with van der Waals surface area (Å²) < 4.78 is 34.6. The Morgan fingerprint density at radius 1 is 1.20 bits per heavy atom. The predicted octanol–water partition coefficient (Wildman–Crippen LogP) is 4.86. The van der Waals surface area contributed by atoms with Crippen molar-refractivity contribution in [3.63, 3.8) is 0 Å². The summed E-state index contributed by atoms with van der Waals surface area (Å²) in [5.41, 5.74) is 3.81. The maximum Gasteiger partial charge on any atom is 0.331 e. The molecule has 0 spiro atoms. The van der Waals surface area contributed by atoms with Crippen LogP contribution in [0, 0.1) is 0 Å². The fraction of sp³-hybridized carbons (Fsp3) is 0.500. The summed E-state index contributed by atoms with van der Waals surface area (Å²) in [5, 5.41) is 2.72. The molecule has 0 saturated carbocycles. The highest BCUT2D eigenvalue weighted by Crippen LogP contribution is 2.19. The number of nitrogens with one attached hydrogen (secondary N) is 1. The maximum absolute atomic E-state index is 12.7. The topological polar surface area (TPSA) is 118 Å². The van der Waals surface area contributed by atoms with Gasteiger partial charge in [-0.1, -0.05) is 47.1 Å². The normalized spacial score (nSPS) is 25.5. The van der Waals surface area contributed by atoms with Crippen molar-refractivity contribution in [1.82, 2.24) is 14.6 Å². The third-order valence-electron chi connectivity index (χ3n) is 6.06. The van der Waals surface area contributed by atoms with E-state index in [0.29, 0.717) is 25.7 Å². The Kier molecular flexibility index (Phi) is 15.1. The number of aryl methyl sites for hydroxylation is 1. The third-order valence-corrected chi connectivity index (χ3v) is 7.52. The Labute approximate surface area is 250 Å². The first-order valence-corrected chi connectivity index (χ1v) is 15.6. The van der Waals surface area contributed by atoms with E-state index >= 15 is 0 Å². The molecule has 2 rings (SSSR count). The lowest BCUT2D eigenvalue weighted by Gasteiger charge is -2.18. The quantitative estimate of drug-likeness (QED) is 0.257. The average molecular weight is 606 g/mol. The Hall–Kier alpha value is -2.70. The first-order valence-electron chi connectivity index (χ1n) is 13.6. The van der Waals surface area contributed by atoms with Crippen LogP contribution in [0.4, 0.5) is 0 Å². The predicted molar refractivity (Wildman–Crippen MR) is 165 cm³/mol. The number of hydrogen-bond acceptors (Lipinski definition) is 8. The fourth-order valence-electron chi connectivity index (χ4n) is 4.05. The zero-order chi connectivity index (χ0) is 30.4. The lowest BCUT2D eigenvalue weighted by Crippen LogP contribution is -2.34. The number of carbonyl (C=O) groups excluding carboxylic acids is 2. The Morgan fingerprint density at radius 2 is 1.93 bits per heavy atom. The van der Waals surface area contributed by atoms with Crippen LogP contribution >= 0.6 is 11.3 Å². The molecule has 0 radical (unpaired) electrons. The SMILES string of the molecule is CC(/C=C/C(C)=C/C1Cc2nc(cs2)CCC(NS(=O)O)CC(=O)OC(C)C/C(C)=C/C=C\C(=O)O1)=C\CN(C)C. The Bertz CT molecular complexity index is 1200. The number of aromatic nitrogens is 1. The molecule has 0 saturated heterocycles. The lowest BCUT2D eigenvalue weighted by atomic mass is 10.1. The van der Waals surface area contributed by atoms with Crippen molar-refractivity contribution < 1.29 is 27.8 Å². The van der Waals surface area contributed by atoms with Crippen molar-refractivity contribution >= 4 is 34.5 Å². The molecule has 1 aliphatic heterocycles. The minimum absolute atomic E-state index is 0.0396. The van der Waals surface area contributed by atoms with Crippen molar-refractivity contribution in [2.24, 2.45) is 0 Å². The summed E-state index contributed by atoms with van der Waals surface area (Å²) in [7, 11) is 4.04. The van der Waals surface area contributed by atoms with Crippen LogP contribution in [0.25, 0.3) is 0 Å². The molecule has 0 aliphatic carbocycles. The van der Waals surface area contributed by atoms with Crippen molar-refractivity contribution in [3.8, 4) is 0 Å². The maximum atomic E-state index is 12.7. The smallest absolute Gasteiger partial charge is 0.331 e. The van der Waals surface area contributed by atoms with Gasteiger partial charge in [0.2, 0.25) is 11.3 Å². The summed E-state index contributed by atoms with van der Waals surface area (Å²) in [6.07, 6.45) is 13.8. The standard InChI is InChI=1S/C30H43N3O6S2/c1-21(14-15-33(5)6)10-11-23(3)17-27-19-28-31-26(20-40-28)13-12-25(32-41(36)37)18-30(35)38-24(4)16-22(2)8-7-9-29(34)39-27/h7-11,14,17,20,24-25,27,32H,12-13,15-16,18-19H2,1-6H3,(H,36,37)/b9-7-,11-10+,21-14+,22-8+,23-17+. The van der Waals surface area contributed by atoms with Gasteiger partial charge in [-0.2, -0.15) is 0 Å². The van der Waals surface area contributed by atoms with Gasteiger partial charge in [0.25, 0.3) is 0 Å². The summed E-state index contributed by atoms with van der Waals surface area (Å²) in [6.45, 7) is 8.53. The van der Waals surface area contributed by atoms with E-state index in [1.165, 1.54) is 17.4 Å². The summed E-state index contributed by atoms with van der Waals surface area (Å²) >= 11 is -0.805. The summed E-state index contributed by atoms with van der Waals surface area (Å²) in [6, 6.07) is -0.548. The van der Waals surface area contributed by atoms with Crippen LogP contribution in [0.3, 0.4) is 0 Å². The number of hydrogen-bond donors (Lipinski definition) is 2. The van der Waals surface area contributed by atoms with Crippen LogP contribution in [0.2, 0.25) is 0 Å². The Balaban J connectivity index is 2.30. The van der Waals surface area contributed by atoms with Crippen LogP contribution < -0.4 is 4.72 Å². The third kappa shape index (κ3) is 15.2. The highest BCUT2D eigenvalue weighted by molar-refractivity contribution is 7.77. The van der Waals surface area contributed by atoms with Crippen LogP contribution in [0.15, 0.2) is 64.6 Å². The second-order valence-corrected chi connectivity index (χ2v) is 12.2. The molecule has 0 aromatic carbocycles. The van der Waals surface area contributed by atoms with E-state index in [-0.39, 0.29) is 6.42 Å². The molecule has 226 valence electrons. The molecule has 0 amide bonds. The molecule has 1 aromatic heterocycles. The molecule has 11 heteroatoms. The van der Waals surface area contributed by atoms with E-state index in [1.807, 2.05) is 58.5 Å². The number of ether oxygens (including phenoxy) is 2. The highest BCUT2D eigenvalue weighted by Gasteiger charge is 2.20. The second-order valence-electron chi connectivity index (χ2n) is 10.5. The van der Waals surface area contributed by atoms with Crippen molar-refractivity contribution in [2.75, 3.05) is 20.6 Å². The van der Waals surface area contributed by atoms with Gasteiger partial charge in [-0.05, 0) is 60.7 Å². The minimum Gasteiger partial charge on any atom is -0.462 e. The number of esters is 2. The number of rotatable bonds is 7. The molecular formula is C30H43N3O6S2. The van der Waals surface area contributed by atoms with Gasteiger partial charge in [-0.3, -0.25) is 9.35 Å². The van der Waals surface area contributed by atoms with Gasteiger partial charge in [-0.25, -0.2) is 18.7 Å². The largest absolute Gasteiger partial charge is 0.462 e. The number of likely N-dealkylation sites (N-methyl/N-ethyl adjacent to an activating group) is 1. The van der Waals surface area contributed by atoms with Crippen LogP contribution in [0.5, 0.6) is 0 Å². The van der Waals surface area contributed by atoms with Crippen molar-refractivity contribution in [2.45, 2.75) is 78.0 Å². The number of nitrogens with zero attached hydrogens (tertiary/aromatic N) is 2. The van der Waals surface area contributed by atoms with Crippen molar-refractivity contribution in [1.29, 1.82) is 0 Å². The molecule has 2 N–H and O–H groups in total. The van der Waals surface area contributed by atoms with E-state index in [4.69, 9.17) is 14.5 Å². The molecule has 4 atom stereocenters. The minimum atomic E-state index is -2.27. The molecule has 1 aliphatic rings. The van der Waals surface area contributed by atoms with E-state index < -0.39 is 41.5 Å². The lowest BCUT2D eigenvalue weighted by molar-refractivity contribution is -0.148. The number of fused-ring (bicyclic) bond motifs is 2. The number of cyclic esters (lactones) is 2. The molecular weight excluding hydrogens is 562 g/mol. The molecule has 2 bridgehead atoms. The molecule has 2 heterocycles. The average Bonchev–Trinajstić information content (AvgIpc) is 3.30. The van der Waals surface area contributed by atoms with Crippen molar-refractivity contribution in [3.05, 3.63) is 75.3 Å². The van der Waals surface area contributed by atoms with E-state index in [2.05, 4.69) is 15.7 Å². The molecule has 4 unspecified atom stereocenters. The monoisotopic (exact) mass is 605 g/mol. The molecule has 9 nitrogen and oxygen atoms in total. The van der Waals surface area contributed by atoms with Gasteiger partial charge in [-0.15, -0.1) is 11.3 Å². The number of allylic oxidation sites excluding steroid dienone is 6. The van der Waals surface area contributed by atoms with Crippen LogP contribution in [-0.2, 0) is 43.2 Å². The van der Waals surface area contributed by atoms with Gasteiger partial charge in [0, 0.05) is 36.9 Å². The number of carbonyl (C=O) groups is 2. The van der Waals surface area contributed by atoms with Gasteiger partial charge < -0.3 is 14.4 Å². The summed E-state index contributed by atoms with van der Waals surface area (Å²) in [4.78, 5) is 32.0. The fourth-order valence-corrected chi connectivity index (χ4v) is 5.41. The van der Waals surface area contributed by atoms with Crippen LogP contribution in [0.1, 0.15) is 57.7 Å². The molecule has 0 fully saturated rings. The molecule has 41 heavy (non-hydrogen) atoms.